The zero-order valence-corrected chi connectivity index (χ0v) is 7.06. The zero-order chi connectivity index (χ0) is 9.56. The van der Waals surface area contributed by atoms with Crippen LogP contribution in [-0.2, 0) is 9.57 Å². The summed E-state index contributed by atoms with van der Waals surface area (Å²) >= 11 is 0. The minimum atomic E-state index is -0.832. The molecular formula is C6H13NO5. The van der Waals surface area contributed by atoms with E-state index in [-0.39, 0.29) is 6.61 Å². The molecular weight excluding hydrogens is 166 g/mol. The van der Waals surface area contributed by atoms with E-state index in [0.717, 1.165) is 0 Å². The first-order valence-corrected chi connectivity index (χ1v) is 3.39. The van der Waals surface area contributed by atoms with Crippen molar-refractivity contribution in [3.8, 4) is 0 Å². The minimum absolute atomic E-state index is 0.269. The van der Waals surface area contributed by atoms with Crippen LogP contribution >= 0.6 is 0 Å². The van der Waals surface area contributed by atoms with Crippen molar-refractivity contribution in [2.45, 2.75) is 13.0 Å². The molecule has 0 rings (SSSR count). The van der Waals surface area contributed by atoms with E-state index in [4.69, 9.17) is 10.2 Å². The van der Waals surface area contributed by atoms with Crippen LogP contribution in [0.4, 0.5) is 4.79 Å². The Hall–Kier alpha value is -0.850. The van der Waals surface area contributed by atoms with E-state index in [1.165, 1.54) is 14.0 Å². The summed E-state index contributed by atoms with van der Waals surface area (Å²) < 4.78 is 4.60. The number of nitrogens with zero attached hydrogens (tertiary/aromatic N) is 1. The average Bonchev–Trinajstić information content (AvgIpc) is 2.06. The van der Waals surface area contributed by atoms with Gasteiger partial charge < -0.3 is 14.9 Å². The second-order valence-corrected chi connectivity index (χ2v) is 2.08. The summed E-state index contributed by atoms with van der Waals surface area (Å²) in [6.45, 7) is 0.658. The molecule has 0 aromatic heterocycles. The van der Waals surface area contributed by atoms with Crippen molar-refractivity contribution < 1.29 is 24.6 Å². The maximum absolute atomic E-state index is 10.9. The van der Waals surface area contributed by atoms with Crippen LogP contribution < -0.4 is 0 Å². The number of ether oxygens (including phenoxy) is 1. The number of amides is 1. The van der Waals surface area contributed by atoms with Crippen LogP contribution in [0.5, 0.6) is 0 Å². The molecule has 72 valence electrons. The van der Waals surface area contributed by atoms with Gasteiger partial charge in [-0.05, 0) is 6.92 Å². The van der Waals surface area contributed by atoms with Crippen LogP contribution in [0.15, 0.2) is 0 Å². The molecule has 0 aliphatic carbocycles. The van der Waals surface area contributed by atoms with E-state index in [1.807, 2.05) is 0 Å². The van der Waals surface area contributed by atoms with Crippen molar-refractivity contribution in [2.24, 2.45) is 0 Å². The van der Waals surface area contributed by atoms with Gasteiger partial charge in [0.05, 0.1) is 13.7 Å². The monoisotopic (exact) mass is 179 g/mol. The topological polar surface area (TPSA) is 79.2 Å². The molecule has 0 aromatic carbocycles. The van der Waals surface area contributed by atoms with Crippen LogP contribution in [0.3, 0.4) is 0 Å². The number of rotatable bonds is 4. The lowest BCUT2D eigenvalue weighted by Gasteiger charge is -2.18. The van der Waals surface area contributed by atoms with Crippen molar-refractivity contribution in [2.75, 3.05) is 20.4 Å². The van der Waals surface area contributed by atoms with Gasteiger partial charge in [0.1, 0.15) is 12.8 Å². The predicted octanol–water partition coefficient (Wildman–Crippen LogP) is -0.683. The third-order valence-corrected chi connectivity index (χ3v) is 1.11. The number of carbonyl (C=O) groups excluding carboxylic acids is 1. The molecule has 0 bridgehead atoms. The molecule has 0 heterocycles. The van der Waals surface area contributed by atoms with Crippen LogP contribution in [0.2, 0.25) is 0 Å². The highest BCUT2D eigenvalue weighted by Crippen LogP contribution is 1.96. The Balaban J connectivity index is 3.84. The largest absolute Gasteiger partial charge is 0.442 e. The number of hydroxylamine groups is 2. The van der Waals surface area contributed by atoms with Gasteiger partial charge in [-0.3, -0.25) is 4.84 Å². The fraction of sp³-hybridized carbons (Fsp3) is 0.833. The quantitative estimate of drug-likeness (QED) is 0.441. The highest BCUT2D eigenvalue weighted by Gasteiger charge is 2.15. The van der Waals surface area contributed by atoms with Crippen LogP contribution in [0.1, 0.15) is 6.92 Å². The molecule has 0 aliphatic heterocycles. The summed E-state index contributed by atoms with van der Waals surface area (Å²) in [4.78, 5) is 15.3. The van der Waals surface area contributed by atoms with Crippen LogP contribution in [-0.4, -0.2) is 47.9 Å². The minimum Gasteiger partial charge on any atom is -0.442 e. The van der Waals surface area contributed by atoms with Crippen LogP contribution in [0, 0.1) is 0 Å². The Bertz CT molecular complexity index is 136. The first-order chi connectivity index (χ1) is 5.65. The van der Waals surface area contributed by atoms with Gasteiger partial charge in [-0.1, -0.05) is 0 Å². The summed E-state index contributed by atoms with van der Waals surface area (Å²) in [7, 11) is 1.22. The maximum atomic E-state index is 10.9. The molecule has 0 saturated heterocycles. The van der Waals surface area contributed by atoms with E-state index in [9.17, 15) is 4.79 Å². The average molecular weight is 179 g/mol. The lowest BCUT2D eigenvalue weighted by Crippen LogP contribution is -2.34. The molecule has 6 nitrogen and oxygen atoms in total. The van der Waals surface area contributed by atoms with E-state index >= 15 is 0 Å². The Labute approximate surface area is 70.3 Å². The molecule has 1 unspecified atom stereocenters. The molecule has 0 spiro atoms. The van der Waals surface area contributed by atoms with Crippen molar-refractivity contribution >= 4 is 6.09 Å². The normalized spacial score (nSPS) is 12.3. The number of aliphatic hydroxyl groups is 2. The molecule has 2 N–H and O–H groups in total. The number of carbonyl (C=O) groups is 1. The van der Waals surface area contributed by atoms with Crippen molar-refractivity contribution in [1.82, 2.24) is 5.06 Å². The van der Waals surface area contributed by atoms with E-state index in [0.29, 0.717) is 5.06 Å². The Kier molecular flexibility index (Phi) is 5.35. The lowest BCUT2D eigenvalue weighted by atomic mass is 10.4. The summed E-state index contributed by atoms with van der Waals surface area (Å²) in [5, 5.41) is 17.6. The van der Waals surface area contributed by atoms with Gasteiger partial charge in [0.15, 0.2) is 0 Å². The maximum Gasteiger partial charge on any atom is 0.436 e. The molecule has 0 fully saturated rings. The third kappa shape index (κ3) is 3.51. The third-order valence-electron chi connectivity index (χ3n) is 1.11. The summed E-state index contributed by atoms with van der Waals surface area (Å²) in [6, 6.07) is 0. The van der Waals surface area contributed by atoms with E-state index < -0.39 is 18.9 Å². The van der Waals surface area contributed by atoms with Gasteiger partial charge in [-0.15, -0.1) is 0 Å². The number of aliphatic hydroxyl groups excluding tert-OH is 2. The standard InChI is InChI=1S/C6H13NO5/c1-5(3-8)12-6(10)7(4-9)11-2/h5,8-9H,3-4H2,1-2H3. The lowest BCUT2D eigenvalue weighted by molar-refractivity contribution is -0.154. The van der Waals surface area contributed by atoms with E-state index in [1.54, 1.807) is 0 Å². The van der Waals surface area contributed by atoms with Crippen molar-refractivity contribution in [3.05, 3.63) is 0 Å². The molecule has 0 aromatic rings. The van der Waals surface area contributed by atoms with Gasteiger partial charge in [-0.25, -0.2) is 4.79 Å². The summed E-state index contributed by atoms with van der Waals surface area (Å²) in [6.07, 6.45) is -1.44. The van der Waals surface area contributed by atoms with Crippen molar-refractivity contribution in [3.63, 3.8) is 0 Å². The van der Waals surface area contributed by atoms with Gasteiger partial charge in [0.25, 0.3) is 0 Å². The van der Waals surface area contributed by atoms with Gasteiger partial charge in [0.2, 0.25) is 0 Å². The second-order valence-electron chi connectivity index (χ2n) is 2.08. The second kappa shape index (κ2) is 5.76. The summed E-state index contributed by atoms with van der Waals surface area (Å²) in [5.41, 5.74) is 0. The summed E-state index contributed by atoms with van der Waals surface area (Å²) in [5.74, 6) is 0. The first kappa shape index (κ1) is 11.2. The fourth-order valence-corrected chi connectivity index (χ4v) is 0.458. The molecule has 12 heavy (non-hydrogen) atoms. The molecule has 1 atom stereocenters. The fourth-order valence-electron chi connectivity index (χ4n) is 0.458. The van der Waals surface area contributed by atoms with Gasteiger partial charge in [-0.2, -0.15) is 5.06 Å². The Morgan fingerprint density at radius 3 is 2.50 bits per heavy atom. The van der Waals surface area contributed by atoms with Crippen molar-refractivity contribution in [1.29, 1.82) is 0 Å². The molecule has 0 saturated carbocycles. The van der Waals surface area contributed by atoms with Gasteiger partial charge in [0, 0.05) is 0 Å². The first-order valence-electron chi connectivity index (χ1n) is 3.39. The molecule has 0 radical (unpaired) electrons. The highest BCUT2D eigenvalue weighted by atomic mass is 16.7. The molecule has 6 heteroatoms. The Morgan fingerprint density at radius 1 is 1.58 bits per heavy atom. The SMILES string of the molecule is CON(CO)C(=O)OC(C)CO. The zero-order valence-electron chi connectivity index (χ0n) is 7.06. The predicted molar refractivity (Wildman–Crippen MR) is 39.0 cm³/mol. The van der Waals surface area contributed by atoms with Crippen LogP contribution in [0.25, 0.3) is 0 Å². The number of hydrogen-bond donors (Lipinski definition) is 2. The molecule has 0 aliphatic rings. The van der Waals surface area contributed by atoms with E-state index in [2.05, 4.69) is 9.57 Å². The highest BCUT2D eigenvalue weighted by molar-refractivity contribution is 5.66. The molecule has 1 amide bonds. The Morgan fingerprint density at radius 2 is 2.17 bits per heavy atom. The van der Waals surface area contributed by atoms with Gasteiger partial charge >= 0.3 is 6.09 Å². The smallest absolute Gasteiger partial charge is 0.436 e. The number of hydrogen-bond acceptors (Lipinski definition) is 5.